The van der Waals surface area contributed by atoms with E-state index in [0.29, 0.717) is 5.02 Å². The summed E-state index contributed by atoms with van der Waals surface area (Å²) in [6.07, 6.45) is 0. The molecule has 18 heavy (non-hydrogen) atoms. The zero-order chi connectivity index (χ0) is 13.1. The second kappa shape index (κ2) is 5.40. The van der Waals surface area contributed by atoms with Crippen LogP contribution < -0.4 is 0 Å². The van der Waals surface area contributed by atoms with Crippen molar-refractivity contribution in [3.05, 3.63) is 34.9 Å². The first kappa shape index (κ1) is 12.9. The van der Waals surface area contributed by atoms with Gasteiger partial charge in [0.2, 0.25) is 0 Å². The lowest BCUT2D eigenvalue weighted by atomic mass is 9.88. The maximum atomic E-state index is 11.8. The van der Waals surface area contributed by atoms with Gasteiger partial charge in [-0.25, -0.2) is 0 Å². The maximum Gasteiger partial charge on any atom is 0.321 e. The number of carbonyl (C=O) groups excluding carboxylic acids is 2. The van der Waals surface area contributed by atoms with E-state index < -0.39 is 17.9 Å². The van der Waals surface area contributed by atoms with Gasteiger partial charge in [0.1, 0.15) is 0 Å². The largest absolute Gasteiger partial charge is 0.465 e. The Morgan fingerprint density at radius 1 is 1.56 bits per heavy atom. The van der Waals surface area contributed by atoms with Crippen molar-refractivity contribution in [2.24, 2.45) is 5.92 Å². The van der Waals surface area contributed by atoms with Crippen molar-refractivity contribution < 1.29 is 19.1 Å². The number of cyclic esters (lactones) is 1. The highest BCUT2D eigenvalue weighted by Gasteiger charge is 2.44. The van der Waals surface area contributed by atoms with Crippen LogP contribution in [0.4, 0.5) is 0 Å². The summed E-state index contributed by atoms with van der Waals surface area (Å²) in [7, 11) is 0. The van der Waals surface area contributed by atoms with Gasteiger partial charge in [0.05, 0.1) is 13.2 Å². The molecule has 0 N–H and O–H groups in total. The number of hydrogen-bond acceptors (Lipinski definition) is 4. The molecule has 0 unspecified atom stereocenters. The molecule has 1 aromatic rings. The van der Waals surface area contributed by atoms with Crippen LogP contribution in [-0.2, 0) is 19.1 Å². The minimum absolute atomic E-state index is 0.183. The van der Waals surface area contributed by atoms with E-state index in [2.05, 4.69) is 0 Å². The Labute approximate surface area is 110 Å². The summed E-state index contributed by atoms with van der Waals surface area (Å²) < 4.78 is 9.86. The number of carbonyl (C=O) groups is 2. The van der Waals surface area contributed by atoms with Gasteiger partial charge < -0.3 is 9.47 Å². The summed E-state index contributed by atoms with van der Waals surface area (Å²) in [6.45, 7) is 2.13. The number of benzene rings is 1. The summed E-state index contributed by atoms with van der Waals surface area (Å²) in [5.74, 6) is -2.28. The van der Waals surface area contributed by atoms with Gasteiger partial charge in [0, 0.05) is 10.9 Å². The molecule has 1 aromatic carbocycles. The van der Waals surface area contributed by atoms with Crippen LogP contribution in [0, 0.1) is 5.92 Å². The van der Waals surface area contributed by atoms with Crippen molar-refractivity contribution in [2.75, 3.05) is 13.2 Å². The van der Waals surface area contributed by atoms with Gasteiger partial charge in [0.15, 0.2) is 5.92 Å². The maximum absolute atomic E-state index is 11.8. The number of esters is 2. The van der Waals surface area contributed by atoms with Crippen LogP contribution >= 0.6 is 11.6 Å². The second-order valence-corrected chi connectivity index (χ2v) is 4.46. The molecular formula is C13H13ClO4. The molecule has 1 aliphatic rings. The Morgan fingerprint density at radius 3 is 3.00 bits per heavy atom. The molecule has 5 heteroatoms. The third kappa shape index (κ3) is 2.48. The molecule has 1 aliphatic heterocycles. The lowest BCUT2D eigenvalue weighted by Crippen LogP contribution is -2.26. The highest BCUT2D eigenvalue weighted by molar-refractivity contribution is 6.30. The van der Waals surface area contributed by atoms with E-state index in [9.17, 15) is 9.59 Å². The minimum Gasteiger partial charge on any atom is -0.465 e. The molecule has 1 fully saturated rings. The van der Waals surface area contributed by atoms with Crippen molar-refractivity contribution in [1.82, 2.24) is 0 Å². The van der Waals surface area contributed by atoms with Crippen molar-refractivity contribution in [1.29, 1.82) is 0 Å². The van der Waals surface area contributed by atoms with Gasteiger partial charge in [-0.05, 0) is 24.6 Å². The molecule has 2 atom stereocenters. The number of halogens is 1. The van der Waals surface area contributed by atoms with Crippen molar-refractivity contribution in [3.63, 3.8) is 0 Å². The van der Waals surface area contributed by atoms with E-state index in [0.717, 1.165) is 5.56 Å². The number of rotatable bonds is 3. The van der Waals surface area contributed by atoms with E-state index in [1.807, 2.05) is 6.07 Å². The SMILES string of the molecule is CCOC(=O)[C@H]1C(=O)OC[C@@H]1c1cccc(Cl)c1. The molecule has 0 bridgehead atoms. The van der Waals surface area contributed by atoms with Crippen LogP contribution in [0.25, 0.3) is 0 Å². The first-order valence-electron chi connectivity index (χ1n) is 5.72. The standard InChI is InChI=1S/C13H13ClO4/c1-2-17-12(15)11-10(7-18-13(11)16)8-4-3-5-9(14)6-8/h3-6,10-11H,2,7H2,1H3/t10-,11+/m1/s1. The topological polar surface area (TPSA) is 52.6 Å². The summed E-state index contributed by atoms with van der Waals surface area (Å²) in [6, 6.07) is 7.08. The third-order valence-electron chi connectivity index (χ3n) is 2.88. The fourth-order valence-electron chi connectivity index (χ4n) is 2.04. The predicted octanol–water partition coefficient (Wildman–Crippen LogP) is 2.16. The smallest absolute Gasteiger partial charge is 0.321 e. The van der Waals surface area contributed by atoms with Crippen LogP contribution in [0.15, 0.2) is 24.3 Å². The molecule has 0 aliphatic carbocycles. The number of hydrogen-bond donors (Lipinski definition) is 0. The van der Waals surface area contributed by atoms with Gasteiger partial charge in [-0.2, -0.15) is 0 Å². The zero-order valence-electron chi connectivity index (χ0n) is 9.89. The summed E-state index contributed by atoms with van der Waals surface area (Å²) in [5.41, 5.74) is 0.811. The van der Waals surface area contributed by atoms with E-state index in [-0.39, 0.29) is 19.1 Å². The van der Waals surface area contributed by atoms with Crippen molar-refractivity contribution >= 4 is 23.5 Å². The van der Waals surface area contributed by atoms with Crippen molar-refractivity contribution in [2.45, 2.75) is 12.8 Å². The Kier molecular flexibility index (Phi) is 3.87. The molecule has 0 aromatic heterocycles. The van der Waals surface area contributed by atoms with Gasteiger partial charge in [-0.3, -0.25) is 9.59 Å². The molecule has 1 heterocycles. The lowest BCUT2D eigenvalue weighted by molar-refractivity contribution is -0.155. The number of ether oxygens (including phenoxy) is 2. The first-order valence-corrected chi connectivity index (χ1v) is 6.10. The van der Waals surface area contributed by atoms with Crippen LogP contribution in [0.2, 0.25) is 5.02 Å². The Hall–Kier alpha value is -1.55. The molecule has 1 saturated heterocycles. The highest BCUT2D eigenvalue weighted by Crippen LogP contribution is 2.33. The van der Waals surface area contributed by atoms with Crippen LogP contribution in [-0.4, -0.2) is 25.2 Å². The average molecular weight is 269 g/mol. The fourth-order valence-corrected chi connectivity index (χ4v) is 2.24. The fraction of sp³-hybridized carbons (Fsp3) is 0.385. The van der Waals surface area contributed by atoms with Crippen molar-refractivity contribution in [3.8, 4) is 0 Å². The quantitative estimate of drug-likeness (QED) is 0.623. The van der Waals surface area contributed by atoms with Gasteiger partial charge >= 0.3 is 11.9 Å². The molecule has 96 valence electrons. The van der Waals surface area contributed by atoms with Gasteiger partial charge in [-0.1, -0.05) is 23.7 Å². The van der Waals surface area contributed by atoms with E-state index in [1.54, 1.807) is 25.1 Å². The monoisotopic (exact) mass is 268 g/mol. The van der Waals surface area contributed by atoms with E-state index in [1.165, 1.54) is 0 Å². The van der Waals surface area contributed by atoms with Gasteiger partial charge in [0.25, 0.3) is 0 Å². The zero-order valence-corrected chi connectivity index (χ0v) is 10.6. The molecular weight excluding hydrogens is 256 g/mol. The van der Waals surface area contributed by atoms with Crippen LogP contribution in [0.1, 0.15) is 18.4 Å². The Bertz CT molecular complexity index is 472. The van der Waals surface area contributed by atoms with E-state index >= 15 is 0 Å². The molecule has 0 radical (unpaired) electrons. The lowest BCUT2D eigenvalue weighted by Gasteiger charge is -2.14. The first-order chi connectivity index (χ1) is 8.63. The van der Waals surface area contributed by atoms with E-state index in [4.69, 9.17) is 21.1 Å². The molecule has 0 spiro atoms. The highest BCUT2D eigenvalue weighted by atomic mass is 35.5. The molecule has 0 saturated carbocycles. The Morgan fingerprint density at radius 2 is 2.33 bits per heavy atom. The average Bonchev–Trinajstić information content (AvgIpc) is 2.71. The van der Waals surface area contributed by atoms with Crippen LogP contribution in [0.3, 0.4) is 0 Å². The molecule has 4 nitrogen and oxygen atoms in total. The summed E-state index contributed by atoms with van der Waals surface area (Å²) >= 11 is 5.91. The third-order valence-corrected chi connectivity index (χ3v) is 3.11. The molecule has 0 amide bonds. The minimum atomic E-state index is -0.886. The molecule has 2 rings (SSSR count). The summed E-state index contributed by atoms with van der Waals surface area (Å²) in [5, 5.41) is 0.564. The predicted molar refractivity (Wildman–Crippen MR) is 65.3 cm³/mol. The Balaban J connectivity index is 2.26. The second-order valence-electron chi connectivity index (χ2n) is 4.02. The van der Waals surface area contributed by atoms with Crippen LogP contribution in [0.5, 0.6) is 0 Å². The van der Waals surface area contributed by atoms with Gasteiger partial charge in [-0.15, -0.1) is 0 Å². The summed E-state index contributed by atoms with van der Waals surface area (Å²) in [4.78, 5) is 23.4. The normalized spacial score (nSPS) is 22.7.